The number of carboxylic acids is 1. The van der Waals surface area contributed by atoms with E-state index < -0.39 is 30.6 Å². The lowest BCUT2D eigenvalue weighted by atomic mass is 10.1. The van der Waals surface area contributed by atoms with Crippen LogP contribution < -0.4 is 15.8 Å². The van der Waals surface area contributed by atoms with Gasteiger partial charge in [0.2, 0.25) is 5.91 Å². The van der Waals surface area contributed by atoms with Crippen LogP contribution in [0.4, 0.5) is 0 Å². The molecule has 110 valence electrons. The molecule has 0 heterocycles. The number of hydrogen-bond donors (Lipinski definition) is 4. The third-order valence-electron chi connectivity index (χ3n) is 2.75. The Morgan fingerprint density at radius 2 is 1.95 bits per heavy atom. The second-order valence-corrected chi connectivity index (χ2v) is 4.24. The molecular weight excluding hydrogens is 264 g/mol. The first-order valence-electron chi connectivity index (χ1n) is 6.00. The number of aliphatic hydroxyl groups is 1. The predicted molar refractivity (Wildman–Crippen MR) is 71.3 cm³/mol. The van der Waals surface area contributed by atoms with Gasteiger partial charge in [-0.2, -0.15) is 0 Å². The zero-order valence-corrected chi connectivity index (χ0v) is 11.1. The molecule has 0 aliphatic heterocycles. The van der Waals surface area contributed by atoms with Gasteiger partial charge < -0.3 is 26.0 Å². The first kappa shape index (κ1) is 15.9. The van der Waals surface area contributed by atoms with Crippen molar-refractivity contribution in [2.45, 2.75) is 18.5 Å². The van der Waals surface area contributed by atoms with Crippen LogP contribution in [0.5, 0.6) is 5.75 Å². The van der Waals surface area contributed by atoms with Crippen LogP contribution in [0.15, 0.2) is 24.3 Å². The van der Waals surface area contributed by atoms with E-state index in [1.54, 1.807) is 24.3 Å². The molecule has 20 heavy (non-hydrogen) atoms. The fourth-order valence-corrected chi connectivity index (χ4v) is 1.56. The summed E-state index contributed by atoms with van der Waals surface area (Å²) in [5.41, 5.74) is 6.06. The molecule has 2 atom stereocenters. The Balaban J connectivity index is 2.71. The summed E-state index contributed by atoms with van der Waals surface area (Å²) in [6, 6.07) is 4.60. The molecule has 5 N–H and O–H groups in total. The number of carbonyl (C=O) groups excluding carboxylic acids is 1. The summed E-state index contributed by atoms with van der Waals surface area (Å²) in [5.74, 6) is -1.21. The van der Waals surface area contributed by atoms with E-state index in [-0.39, 0.29) is 6.42 Å². The van der Waals surface area contributed by atoms with Crippen molar-refractivity contribution in [1.29, 1.82) is 0 Å². The van der Waals surface area contributed by atoms with Gasteiger partial charge in [0.15, 0.2) is 0 Å². The second kappa shape index (κ2) is 7.46. The highest BCUT2D eigenvalue weighted by Crippen LogP contribution is 2.12. The fourth-order valence-electron chi connectivity index (χ4n) is 1.56. The highest BCUT2D eigenvalue weighted by Gasteiger charge is 2.23. The lowest BCUT2D eigenvalue weighted by Gasteiger charge is -2.17. The van der Waals surface area contributed by atoms with Gasteiger partial charge in [0.1, 0.15) is 17.8 Å². The molecular formula is C13H18N2O5. The normalized spacial score (nSPS) is 13.3. The molecule has 0 aromatic heterocycles. The Kier molecular flexibility index (Phi) is 5.95. The minimum atomic E-state index is -1.17. The molecule has 0 bridgehead atoms. The van der Waals surface area contributed by atoms with Gasteiger partial charge in [0.25, 0.3) is 0 Å². The maximum absolute atomic E-state index is 11.5. The van der Waals surface area contributed by atoms with Gasteiger partial charge in [0.05, 0.1) is 13.7 Å². The van der Waals surface area contributed by atoms with E-state index in [4.69, 9.17) is 20.7 Å². The van der Waals surface area contributed by atoms with Crippen molar-refractivity contribution < 1.29 is 24.5 Å². The van der Waals surface area contributed by atoms with Crippen molar-refractivity contribution in [1.82, 2.24) is 5.32 Å². The van der Waals surface area contributed by atoms with E-state index in [1.807, 2.05) is 0 Å². The van der Waals surface area contributed by atoms with Crippen molar-refractivity contribution in [3.63, 3.8) is 0 Å². The number of ether oxygens (including phenoxy) is 1. The highest BCUT2D eigenvalue weighted by atomic mass is 16.5. The van der Waals surface area contributed by atoms with Gasteiger partial charge in [-0.25, -0.2) is 4.79 Å². The molecule has 0 unspecified atom stereocenters. The van der Waals surface area contributed by atoms with Gasteiger partial charge in [-0.3, -0.25) is 4.79 Å². The fraction of sp³-hybridized carbons (Fsp3) is 0.385. The minimum absolute atomic E-state index is 0.114. The molecule has 0 spiro atoms. The smallest absolute Gasteiger partial charge is 0.326 e. The number of hydrogen-bond acceptors (Lipinski definition) is 5. The summed E-state index contributed by atoms with van der Waals surface area (Å²) < 4.78 is 5.00. The number of nitrogens with two attached hydrogens (primary N) is 1. The zero-order chi connectivity index (χ0) is 15.1. The summed E-state index contributed by atoms with van der Waals surface area (Å²) in [6.07, 6.45) is 0.114. The SMILES string of the molecule is COc1ccc(C[C@H](NC(=O)[C@@H](N)CO)C(=O)O)cc1. The number of carboxylic acid groups (broad SMARTS) is 1. The molecule has 0 fully saturated rings. The van der Waals surface area contributed by atoms with E-state index in [1.165, 1.54) is 7.11 Å². The number of nitrogens with one attached hydrogen (secondary N) is 1. The molecule has 1 rings (SSSR count). The first-order valence-corrected chi connectivity index (χ1v) is 6.00. The number of aliphatic carboxylic acids is 1. The lowest BCUT2D eigenvalue weighted by Crippen LogP contribution is -2.50. The molecule has 7 heteroatoms. The van der Waals surface area contributed by atoms with Crippen LogP contribution in [0.25, 0.3) is 0 Å². The number of aliphatic hydroxyl groups excluding tert-OH is 1. The number of rotatable bonds is 7. The minimum Gasteiger partial charge on any atom is -0.497 e. The topological polar surface area (TPSA) is 122 Å². The largest absolute Gasteiger partial charge is 0.497 e. The van der Waals surface area contributed by atoms with Crippen LogP contribution in [0.2, 0.25) is 0 Å². The Morgan fingerprint density at radius 3 is 2.40 bits per heavy atom. The predicted octanol–water partition coefficient (Wildman–Crippen LogP) is -0.873. The van der Waals surface area contributed by atoms with Crippen LogP contribution in [0.3, 0.4) is 0 Å². The zero-order valence-electron chi connectivity index (χ0n) is 11.1. The Bertz CT molecular complexity index is 460. The number of amides is 1. The van der Waals surface area contributed by atoms with Crippen LogP contribution in [-0.2, 0) is 16.0 Å². The molecule has 1 amide bonds. The van der Waals surface area contributed by atoms with Gasteiger partial charge in [-0.1, -0.05) is 12.1 Å². The van der Waals surface area contributed by atoms with E-state index >= 15 is 0 Å². The van der Waals surface area contributed by atoms with Crippen molar-refractivity contribution in [3.8, 4) is 5.75 Å². The van der Waals surface area contributed by atoms with Gasteiger partial charge in [-0.05, 0) is 17.7 Å². The molecule has 0 saturated heterocycles. The highest BCUT2D eigenvalue weighted by molar-refractivity contribution is 5.87. The number of methoxy groups -OCH3 is 1. The third kappa shape index (κ3) is 4.52. The quantitative estimate of drug-likeness (QED) is 0.515. The summed E-state index contributed by atoms with van der Waals surface area (Å²) >= 11 is 0. The van der Waals surface area contributed by atoms with Gasteiger partial charge in [0, 0.05) is 6.42 Å². The second-order valence-electron chi connectivity index (χ2n) is 4.24. The van der Waals surface area contributed by atoms with Crippen molar-refractivity contribution in [2.75, 3.05) is 13.7 Å². The van der Waals surface area contributed by atoms with Crippen LogP contribution >= 0.6 is 0 Å². The van der Waals surface area contributed by atoms with Gasteiger partial charge in [-0.15, -0.1) is 0 Å². The van der Waals surface area contributed by atoms with Crippen LogP contribution in [0.1, 0.15) is 5.56 Å². The van der Waals surface area contributed by atoms with Crippen molar-refractivity contribution >= 4 is 11.9 Å². The summed E-state index contributed by atoms with van der Waals surface area (Å²) in [4.78, 5) is 22.6. The molecule has 7 nitrogen and oxygen atoms in total. The summed E-state index contributed by atoms with van der Waals surface area (Å²) in [7, 11) is 1.53. The van der Waals surface area contributed by atoms with E-state index in [9.17, 15) is 9.59 Å². The molecule has 1 aromatic carbocycles. The monoisotopic (exact) mass is 282 g/mol. The lowest BCUT2D eigenvalue weighted by molar-refractivity contribution is -0.142. The van der Waals surface area contributed by atoms with Crippen LogP contribution in [-0.4, -0.2) is 47.9 Å². The summed E-state index contributed by atoms with van der Waals surface area (Å²) in [5, 5.41) is 20.1. The molecule has 1 aromatic rings. The molecule has 0 saturated carbocycles. The average molecular weight is 282 g/mol. The Labute approximate surface area is 116 Å². The number of benzene rings is 1. The summed E-state index contributed by atoms with van der Waals surface area (Å²) in [6.45, 7) is -0.541. The first-order chi connectivity index (χ1) is 9.47. The third-order valence-corrected chi connectivity index (χ3v) is 2.75. The van der Waals surface area contributed by atoms with Crippen molar-refractivity contribution in [3.05, 3.63) is 29.8 Å². The molecule has 0 radical (unpaired) electrons. The molecule has 0 aliphatic carbocycles. The number of carbonyl (C=O) groups is 2. The van der Waals surface area contributed by atoms with E-state index in [0.29, 0.717) is 5.75 Å². The Hall–Kier alpha value is -2.12. The molecule has 0 aliphatic rings. The Morgan fingerprint density at radius 1 is 1.35 bits per heavy atom. The maximum Gasteiger partial charge on any atom is 0.326 e. The maximum atomic E-state index is 11.5. The average Bonchev–Trinajstić information content (AvgIpc) is 2.46. The van der Waals surface area contributed by atoms with Crippen molar-refractivity contribution in [2.24, 2.45) is 5.73 Å². The van der Waals surface area contributed by atoms with Gasteiger partial charge >= 0.3 is 5.97 Å². The van der Waals surface area contributed by atoms with E-state index in [2.05, 4.69) is 5.32 Å². The standard InChI is InChI=1S/C13H18N2O5/c1-20-9-4-2-8(3-5-9)6-11(13(18)19)15-12(17)10(14)7-16/h2-5,10-11,16H,6-7,14H2,1H3,(H,15,17)(H,18,19)/t10-,11-/m0/s1. The van der Waals surface area contributed by atoms with Crippen LogP contribution in [0, 0.1) is 0 Å². The van der Waals surface area contributed by atoms with E-state index in [0.717, 1.165) is 5.56 Å².